The van der Waals surface area contributed by atoms with E-state index in [0.717, 1.165) is 18.4 Å². The summed E-state index contributed by atoms with van der Waals surface area (Å²) in [5.41, 5.74) is 0.964. The van der Waals surface area contributed by atoms with E-state index in [2.05, 4.69) is 15.3 Å². The van der Waals surface area contributed by atoms with Crippen LogP contribution >= 0.6 is 11.6 Å². The maximum atomic E-state index is 9.32. The first-order chi connectivity index (χ1) is 9.71. The fourth-order valence-corrected chi connectivity index (χ4v) is 2.25. The SMILES string of the molecule is OCC1(CNc2cc(Cl)nc(-c3ccccc3)n2)CC1. The number of halogens is 1. The van der Waals surface area contributed by atoms with Gasteiger partial charge in [-0.2, -0.15) is 0 Å². The second kappa shape index (κ2) is 5.38. The predicted molar refractivity (Wildman–Crippen MR) is 79.7 cm³/mol. The third kappa shape index (κ3) is 2.92. The molecule has 0 spiro atoms. The van der Waals surface area contributed by atoms with Crippen LogP contribution in [-0.4, -0.2) is 28.2 Å². The van der Waals surface area contributed by atoms with Gasteiger partial charge in [0.05, 0.1) is 6.61 Å². The summed E-state index contributed by atoms with van der Waals surface area (Å²) in [7, 11) is 0. The van der Waals surface area contributed by atoms with Crippen molar-refractivity contribution in [3.05, 3.63) is 41.6 Å². The van der Waals surface area contributed by atoms with Crippen molar-refractivity contribution in [2.24, 2.45) is 5.41 Å². The summed E-state index contributed by atoms with van der Waals surface area (Å²) in [4.78, 5) is 8.73. The number of benzene rings is 1. The first-order valence-electron chi connectivity index (χ1n) is 6.66. The summed E-state index contributed by atoms with van der Waals surface area (Å²) in [6.45, 7) is 0.926. The molecular formula is C15H16ClN3O. The van der Waals surface area contributed by atoms with Gasteiger partial charge in [-0.05, 0) is 12.8 Å². The number of anilines is 1. The highest BCUT2D eigenvalue weighted by molar-refractivity contribution is 6.29. The Hall–Kier alpha value is -1.65. The molecule has 2 N–H and O–H groups in total. The lowest BCUT2D eigenvalue weighted by atomic mass is 10.1. The molecule has 3 rings (SSSR count). The minimum Gasteiger partial charge on any atom is -0.396 e. The zero-order chi connectivity index (χ0) is 14.0. The molecule has 1 aromatic carbocycles. The maximum absolute atomic E-state index is 9.32. The lowest BCUT2D eigenvalue weighted by molar-refractivity contribution is 0.219. The number of hydrogen-bond donors (Lipinski definition) is 2. The number of aliphatic hydroxyl groups excluding tert-OH is 1. The van der Waals surface area contributed by atoms with Gasteiger partial charge in [0, 0.05) is 23.6 Å². The van der Waals surface area contributed by atoms with Crippen molar-refractivity contribution in [2.75, 3.05) is 18.5 Å². The fraction of sp³-hybridized carbons (Fsp3) is 0.333. The fourth-order valence-electron chi connectivity index (χ4n) is 2.07. The van der Waals surface area contributed by atoms with Gasteiger partial charge in [0.25, 0.3) is 0 Å². The average Bonchev–Trinajstić information content (AvgIpc) is 3.26. The number of aliphatic hydroxyl groups is 1. The van der Waals surface area contributed by atoms with Crippen molar-refractivity contribution in [1.29, 1.82) is 0 Å². The second-order valence-corrected chi connectivity index (χ2v) is 5.66. The highest BCUT2D eigenvalue weighted by Gasteiger charge is 2.41. The van der Waals surface area contributed by atoms with E-state index in [1.54, 1.807) is 6.07 Å². The van der Waals surface area contributed by atoms with Crippen molar-refractivity contribution < 1.29 is 5.11 Å². The average molecular weight is 290 g/mol. The van der Waals surface area contributed by atoms with E-state index in [9.17, 15) is 5.11 Å². The number of hydrogen-bond acceptors (Lipinski definition) is 4. The molecule has 0 unspecified atom stereocenters. The third-order valence-corrected chi connectivity index (χ3v) is 3.86. The Morgan fingerprint density at radius 1 is 1.20 bits per heavy atom. The number of rotatable bonds is 5. The molecule has 2 aromatic rings. The van der Waals surface area contributed by atoms with Crippen molar-refractivity contribution >= 4 is 17.4 Å². The molecule has 1 saturated carbocycles. The van der Waals surface area contributed by atoms with Gasteiger partial charge in [-0.1, -0.05) is 41.9 Å². The van der Waals surface area contributed by atoms with Crippen LogP contribution in [0.25, 0.3) is 11.4 Å². The van der Waals surface area contributed by atoms with Crippen LogP contribution in [0.5, 0.6) is 0 Å². The zero-order valence-electron chi connectivity index (χ0n) is 11.0. The monoisotopic (exact) mass is 289 g/mol. The Balaban J connectivity index is 1.80. The van der Waals surface area contributed by atoms with Crippen molar-refractivity contribution in [1.82, 2.24) is 9.97 Å². The van der Waals surface area contributed by atoms with Crippen LogP contribution in [0.15, 0.2) is 36.4 Å². The van der Waals surface area contributed by atoms with Crippen molar-refractivity contribution in [3.8, 4) is 11.4 Å². The van der Waals surface area contributed by atoms with E-state index in [1.165, 1.54) is 0 Å². The Morgan fingerprint density at radius 2 is 1.95 bits per heavy atom. The van der Waals surface area contributed by atoms with E-state index in [4.69, 9.17) is 11.6 Å². The lowest BCUT2D eigenvalue weighted by Crippen LogP contribution is -2.19. The smallest absolute Gasteiger partial charge is 0.163 e. The Labute approximate surface area is 122 Å². The van der Waals surface area contributed by atoms with Crippen LogP contribution in [0.4, 0.5) is 5.82 Å². The standard InChI is InChI=1S/C15H16ClN3O/c16-12-8-13(17-9-15(10-20)6-7-15)19-14(18-12)11-4-2-1-3-5-11/h1-5,8,20H,6-7,9-10H2,(H,17,18,19). The molecule has 0 atom stereocenters. The van der Waals surface area contributed by atoms with Crippen LogP contribution in [0.2, 0.25) is 5.15 Å². The van der Waals surface area contributed by atoms with E-state index in [0.29, 0.717) is 23.3 Å². The number of aromatic nitrogens is 2. The molecule has 1 heterocycles. The van der Waals surface area contributed by atoms with Crippen LogP contribution < -0.4 is 5.32 Å². The first kappa shape index (κ1) is 13.3. The Bertz CT molecular complexity index is 599. The van der Waals surface area contributed by atoms with Crippen LogP contribution in [0.3, 0.4) is 0 Å². The van der Waals surface area contributed by atoms with Crippen LogP contribution in [-0.2, 0) is 0 Å². The molecule has 20 heavy (non-hydrogen) atoms. The summed E-state index contributed by atoms with van der Waals surface area (Å²) in [6, 6.07) is 11.4. The molecule has 1 aromatic heterocycles. The van der Waals surface area contributed by atoms with Gasteiger partial charge in [0.2, 0.25) is 0 Å². The normalized spacial score (nSPS) is 15.9. The molecular weight excluding hydrogens is 274 g/mol. The van der Waals surface area contributed by atoms with Crippen molar-refractivity contribution in [2.45, 2.75) is 12.8 Å². The Morgan fingerprint density at radius 3 is 2.60 bits per heavy atom. The summed E-state index contributed by atoms with van der Waals surface area (Å²) >= 11 is 6.06. The molecule has 0 radical (unpaired) electrons. The Kier molecular flexibility index (Phi) is 3.59. The van der Waals surface area contributed by atoms with Gasteiger partial charge >= 0.3 is 0 Å². The number of nitrogens with zero attached hydrogens (tertiary/aromatic N) is 2. The molecule has 1 aliphatic rings. The van der Waals surface area contributed by atoms with Crippen molar-refractivity contribution in [3.63, 3.8) is 0 Å². The van der Waals surface area contributed by atoms with E-state index < -0.39 is 0 Å². The largest absolute Gasteiger partial charge is 0.396 e. The molecule has 4 nitrogen and oxygen atoms in total. The van der Waals surface area contributed by atoms with Gasteiger partial charge in [0.15, 0.2) is 5.82 Å². The minimum absolute atomic E-state index is 0.0321. The molecule has 5 heteroatoms. The minimum atomic E-state index is 0.0321. The second-order valence-electron chi connectivity index (χ2n) is 5.28. The summed E-state index contributed by atoms with van der Waals surface area (Å²) in [6.07, 6.45) is 2.11. The zero-order valence-corrected chi connectivity index (χ0v) is 11.8. The van der Waals surface area contributed by atoms with E-state index in [1.807, 2.05) is 30.3 Å². The van der Waals surface area contributed by atoms with E-state index >= 15 is 0 Å². The third-order valence-electron chi connectivity index (χ3n) is 3.66. The first-order valence-corrected chi connectivity index (χ1v) is 7.03. The molecule has 104 valence electrons. The van der Waals surface area contributed by atoms with Crippen LogP contribution in [0, 0.1) is 5.41 Å². The molecule has 1 aliphatic carbocycles. The highest BCUT2D eigenvalue weighted by atomic mass is 35.5. The number of nitrogens with one attached hydrogen (secondary N) is 1. The highest BCUT2D eigenvalue weighted by Crippen LogP contribution is 2.44. The van der Waals surface area contributed by atoms with Gasteiger partial charge in [-0.15, -0.1) is 0 Å². The molecule has 0 bridgehead atoms. The summed E-state index contributed by atoms with van der Waals surface area (Å²) in [5, 5.41) is 13.0. The van der Waals surface area contributed by atoms with Crippen LogP contribution in [0.1, 0.15) is 12.8 Å². The van der Waals surface area contributed by atoms with Gasteiger partial charge in [0.1, 0.15) is 11.0 Å². The molecule has 1 fully saturated rings. The maximum Gasteiger partial charge on any atom is 0.163 e. The topological polar surface area (TPSA) is 58.0 Å². The molecule has 0 amide bonds. The van der Waals surface area contributed by atoms with Gasteiger partial charge in [-0.3, -0.25) is 0 Å². The van der Waals surface area contributed by atoms with E-state index in [-0.39, 0.29) is 12.0 Å². The summed E-state index contributed by atoms with van der Waals surface area (Å²) in [5.74, 6) is 1.30. The molecule has 0 aliphatic heterocycles. The quantitative estimate of drug-likeness (QED) is 0.831. The van der Waals surface area contributed by atoms with Gasteiger partial charge in [-0.25, -0.2) is 9.97 Å². The summed E-state index contributed by atoms with van der Waals surface area (Å²) < 4.78 is 0. The van der Waals surface area contributed by atoms with Gasteiger partial charge < -0.3 is 10.4 Å². The predicted octanol–water partition coefficient (Wildman–Crippen LogP) is 2.98. The lowest BCUT2D eigenvalue weighted by Gasteiger charge is -2.13. The molecule has 0 saturated heterocycles.